The van der Waals surface area contributed by atoms with E-state index in [4.69, 9.17) is 23.7 Å². The summed E-state index contributed by atoms with van der Waals surface area (Å²) in [6.45, 7) is 32.6. The Balaban J connectivity index is 0.000000182. The molecule has 0 aliphatic carbocycles. The molecule has 0 amide bonds. The summed E-state index contributed by atoms with van der Waals surface area (Å²) in [6, 6.07) is 24.4. The summed E-state index contributed by atoms with van der Waals surface area (Å²) in [5.41, 5.74) is 5.19. The second-order valence-corrected chi connectivity index (χ2v) is 27.1. The van der Waals surface area contributed by atoms with Crippen LogP contribution in [-0.4, -0.2) is 92.8 Å². The number of H-pyrrole nitrogens is 7. The Bertz CT molecular complexity index is 6190. The van der Waals surface area contributed by atoms with Crippen LogP contribution in [-0.2, 0) is 19.3 Å². The molecule has 109 heavy (non-hydrogen) atoms. The minimum atomic E-state index is -0.967. The van der Waals surface area contributed by atoms with Gasteiger partial charge in [0.2, 0.25) is 0 Å². The normalized spacial score (nSPS) is 11.7. The van der Waals surface area contributed by atoms with Gasteiger partial charge in [-0.05, 0) is 151 Å². The Kier molecular flexibility index (Phi) is 29.2. The highest BCUT2D eigenvalue weighted by molar-refractivity contribution is 7.08. The summed E-state index contributed by atoms with van der Waals surface area (Å²) in [7, 11) is 4.43. The Morgan fingerprint density at radius 2 is 0.862 bits per heavy atom. The van der Waals surface area contributed by atoms with E-state index in [9.17, 15) is 67.9 Å². The molecule has 6 aromatic heterocycles. The molecule has 24 nitrogen and oxygen atoms in total. The van der Waals surface area contributed by atoms with Crippen LogP contribution in [0.5, 0.6) is 46.0 Å². The van der Waals surface area contributed by atoms with Crippen LogP contribution in [0.3, 0.4) is 0 Å². The van der Waals surface area contributed by atoms with Crippen molar-refractivity contribution in [3.05, 3.63) is 323 Å². The van der Waals surface area contributed by atoms with Crippen molar-refractivity contribution < 1.29 is 62.8 Å². The van der Waals surface area contributed by atoms with E-state index in [-0.39, 0.29) is 78.4 Å². The predicted molar refractivity (Wildman–Crippen MR) is 426 cm³/mol. The summed E-state index contributed by atoms with van der Waals surface area (Å²) >= 11 is 4.89. The third kappa shape index (κ3) is 23.2. The third-order valence-corrected chi connectivity index (χ3v) is 18.1. The van der Waals surface area contributed by atoms with Crippen LogP contribution in [0.25, 0.3) is 75.9 Å². The minimum absolute atomic E-state index is 0.0655. The number of phenols is 5. The second kappa shape index (κ2) is 38.5. The van der Waals surface area contributed by atoms with Crippen molar-refractivity contribution in [1.82, 2.24) is 34.9 Å². The van der Waals surface area contributed by atoms with Crippen LogP contribution in [0, 0.1) is 11.6 Å². The molecule has 13 N–H and O–H groups in total. The number of oxazole rings is 1. The number of carboxylic acid groups (broad SMARTS) is 1. The molecule has 0 fully saturated rings. The quantitative estimate of drug-likeness (QED) is 0.0615. The maximum Gasteiger partial charge on any atom is 0.335 e. The number of aromatic carboxylic acids is 1. The highest BCUT2D eigenvalue weighted by atomic mass is 32.1. The lowest BCUT2D eigenvalue weighted by Gasteiger charge is -2.09. The van der Waals surface area contributed by atoms with Gasteiger partial charge < -0.3 is 79.2 Å². The van der Waals surface area contributed by atoms with Crippen molar-refractivity contribution >= 4 is 127 Å². The predicted octanol–water partition coefficient (Wildman–Crippen LogP) is 3.57. The van der Waals surface area contributed by atoms with E-state index >= 15 is 0 Å². The smallest absolute Gasteiger partial charge is 0.335 e. The highest BCUT2D eigenvalue weighted by Gasteiger charge is 2.13. The van der Waals surface area contributed by atoms with Gasteiger partial charge in [-0.15, -0.1) is 65.1 Å². The topological polar surface area (TPSA) is 392 Å². The lowest BCUT2D eigenvalue weighted by Crippen LogP contribution is -2.22. The molecule has 30 heteroatoms. The van der Waals surface area contributed by atoms with Crippen LogP contribution in [0.15, 0.2) is 168 Å². The van der Waals surface area contributed by atoms with Gasteiger partial charge in [0.25, 0.3) is 33.4 Å². The highest BCUT2D eigenvalue weighted by Crippen LogP contribution is 2.34. The summed E-state index contributed by atoms with van der Waals surface area (Å²) in [5.74, 6) is -1.55. The summed E-state index contributed by atoms with van der Waals surface area (Å²) in [5, 5.41) is 58.0. The van der Waals surface area contributed by atoms with Crippen molar-refractivity contribution in [2.45, 2.75) is 19.3 Å². The first-order chi connectivity index (χ1) is 51.8. The molecule has 0 aliphatic rings. The summed E-state index contributed by atoms with van der Waals surface area (Å²) < 4.78 is 50.5. The molecule has 562 valence electrons. The summed E-state index contributed by atoms with van der Waals surface area (Å²) in [6.07, 6.45) is 16.2. The molecular formula is C79H71F2N7O17S4. The maximum absolute atomic E-state index is 13.0. The van der Waals surface area contributed by atoms with Gasteiger partial charge >= 0.3 is 5.97 Å². The number of halogens is 2. The second-order valence-electron chi connectivity index (χ2n) is 22.5. The molecule has 0 bridgehead atoms. The van der Waals surface area contributed by atoms with Crippen LogP contribution in [0.1, 0.15) is 60.4 Å². The number of aromatic nitrogens is 7. The first-order valence-electron chi connectivity index (χ1n) is 31.6. The average molecular weight is 1560 g/mol. The number of thiazole rings is 4. The lowest BCUT2D eigenvalue weighted by molar-refractivity contribution is 0.0696. The molecule has 0 saturated heterocycles. The molecule has 6 aromatic carbocycles. The number of phenolic OH excluding ortho intramolecular Hbond substituents is 5. The largest absolute Gasteiger partial charge is 0.507 e. The number of imidazole rings is 1. The van der Waals surface area contributed by atoms with Gasteiger partial charge in [0.05, 0.1) is 63.7 Å². The first kappa shape index (κ1) is 82.7. The minimum Gasteiger partial charge on any atom is -0.507 e. The van der Waals surface area contributed by atoms with E-state index in [1.165, 1.54) is 104 Å². The van der Waals surface area contributed by atoms with Gasteiger partial charge in [-0.1, -0.05) is 75.4 Å². The van der Waals surface area contributed by atoms with E-state index in [0.717, 1.165) is 40.2 Å². The van der Waals surface area contributed by atoms with Crippen LogP contribution in [0.4, 0.5) is 8.78 Å². The van der Waals surface area contributed by atoms with Gasteiger partial charge in [-0.2, -0.15) is 0 Å². The van der Waals surface area contributed by atoms with Crippen LogP contribution >= 0.6 is 45.3 Å². The third-order valence-electron chi connectivity index (χ3n) is 14.6. The molecule has 12 aromatic rings. The van der Waals surface area contributed by atoms with Gasteiger partial charge in [-0.3, -0.25) is 33.8 Å². The van der Waals surface area contributed by atoms with E-state index in [0.29, 0.717) is 112 Å². The monoisotopic (exact) mass is 1560 g/mol. The number of hydrogen-bond acceptors (Lipinski definition) is 20. The molecule has 6 heterocycles. The van der Waals surface area contributed by atoms with Crippen LogP contribution < -0.4 is 106 Å². The number of nitrogens with one attached hydrogen (secondary N) is 7. The van der Waals surface area contributed by atoms with Crippen molar-refractivity contribution in [2.75, 3.05) is 21.3 Å². The van der Waals surface area contributed by atoms with E-state index < -0.39 is 23.4 Å². The number of methoxy groups -OCH3 is 3. The van der Waals surface area contributed by atoms with Gasteiger partial charge in [0.1, 0.15) is 22.4 Å². The molecule has 12 rings (SSSR count). The Morgan fingerprint density at radius 1 is 0.450 bits per heavy atom. The molecular weight excluding hydrogens is 1490 g/mol. The van der Waals surface area contributed by atoms with Gasteiger partial charge in [0.15, 0.2) is 57.0 Å². The van der Waals surface area contributed by atoms with Crippen molar-refractivity contribution in [3.63, 3.8) is 0 Å². The number of rotatable bonds is 16. The fraction of sp³-hybridized carbons (Fsp3) is 0.0759. The lowest BCUT2D eigenvalue weighted by atomic mass is 10.1. The standard InChI is InChI=1S/C15H16N2O3.C15H15NO4.C15H15NO3S.C12H9NO3S.2C11H8FNO2S/c1-4-5-11-6-10(8-13(20-3)14(11)18)7-12-15(19)17-9(2)16-12;2*1-4-5-11-6-10(7-12(19-3)14(11)17)8-13-15(18)16-9(2)20-13;1-7-13-11(14)10(17-7)6-8-2-4-9(5-3-8)12(15)16;1-6-13-11(15)10(16-6)4-7-2-3-8(12)5-9(7)14;1-6-13-11(15)9(16-6)5-7-3-2-4-8(12)10(7)14/h4,6-8,16,18H,1-2,5H2,3H3,(H,17,19);2*4,6-8,17H,1-2,5H2,3H3,(H,16,18);2-6H,1H2,(H,13,14)(H,15,16);2*2-5,14H,1H2,(H,13,15)/b12-7-;2*13-8-;10-6-;10-4-;9-5-. The van der Waals surface area contributed by atoms with Gasteiger partial charge in [0, 0.05) is 33.9 Å². The number of ether oxygens (including phenoxy) is 3. The fourth-order valence-corrected chi connectivity index (χ4v) is 12.6. The Morgan fingerprint density at radius 3 is 1.23 bits per heavy atom. The molecule has 0 atom stereocenters. The van der Waals surface area contributed by atoms with Crippen molar-refractivity contribution in [1.29, 1.82) is 0 Å². The number of hydrogen-bond donors (Lipinski definition) is 13. The van der Waals surface area contributed by atoms with Crippen molar-refractivity contribution in [2.24, 2.45) is 0 Å². The van der Waals surface area contributed by atoms with E-state index in [2.05, 4.69) is 94.1 Å². The van der Waals surface area contributed by atoms with E-state index in [1.54, 1.807) is 91.1 Å². The summed E-state index contributed by atoms with van der Waals surface area (Å²) in [4.78, 5) is 97.7. The average Bonchev–Trinajstić information content (AvgIpc) is 1.80. The van der Waals surface area contributed by atoms with Gasteiger partial charge in [-0.25, -0.2) is 13.6 Å². The Labute approximate surface area is 630 Å². The molecule has 0 spiro atoms. The molecule has 0 unspecified atom stereocenters. The molecule has 0 aliphatic heterocycles. The SMILES string of the molecule is C=CCc1cc(/C=c2\[nH]c(=C)[nH]c2=O)cc(OC)c1O.C=CCc1cc(/C=c2\oc(=C)[nH]c2=O)cc(OC)c1O.C=CCc1cc(/C=c2\sc(=C)[nH]c2=O)cc(OC)c1O.C=c1[nH]c(=O)/c(=C/c2ccc(C(=O)O)cc2)s1.C=c1[nH]c(=O)/c(=C/c2ccc(F)cc2O)s1.C=c1[nH]c(=O)/c(=C/c2cccc(F)c2O)s1. The molecule has 0 saturated carbocycles. The number of allylic oxidation sites excluding steroid dienone is 3. The van der Waals surface area contributed by atoms with Crippen molar-refractivity contribution in [3.8, 4) is 46.0 Å². The van der Waals surface area contributed by atoms with E-state index in [1.807, 2.05) is 0 Å². The maximum atomic E-state index is 13.0. The number of benzene rings is 6. The molecule has 0 radical (unpaired) electrons. The number of carbonyl (C=O) groups is 1. The number of carboxylic acids is 1. The first-order valence-corrected chi connectivity index (χ1v) is 34.9. The zero-order chi connectivity index (χ0) is 79.9. The number of aromatic hydroxyl groups is 5. The zero-order valence-electron chi connectivity index (χ0n) is 58.5. The zero-order valence-corrected chi connectivity index (χ0v) is 61.7. The fourth-order valence-electron chi connectivity index (χ4n) is 9.63. The van der Waals surface area contributed by atoms with Crippen LogP contribution in [0.2, 0.25) is 0 Å². The Hall–Kier alpha value is -13.6. The number of para-hydroxylation sites is 1. The number of aromatic amines is 7.